The number of carbonyl (C=O) groups excluding carboxylic acids is 1. The summed E-state index contributed by atoms with van der Waals surface area (Å²) in [5.74, 6) is -3.08. The molecule has 0 saturated heterocycles. The van der Waals surface area contributed by atoms with Crippen molar-refractivity contribution in [3.05, 3.63) is 35.4 Å². The van der Waals surface area contributed by atoms with E-state index in [9.17, 15) is 19.2 Å². The molecule has 6 N–H and O–H groups in total. The van der Waals surface area contributed by atoms with Crippen molar-refractivity contribution >= 4 is 23.9 Å². The van der Waals surface area contributed by atoms with Gasteiger partial charge in [0.1, 0.15) is 12.6 Å². The second-order valence-electron chi connectivity index (χ2n) is 6.46. The Labute approximate surface area is 189 Å². The fraction of sp³-hybridized carbons (Fsp3) is 0.545. The van der Waals surface area contributed by atoms with Crippen molar-refractivity contribution in [2.45, 2.75) is 66.0 Å². The highest BCUT2D eigenvalue weighted by molar-refractivity contribution is 5.84. The fourth-order valence-electron chi connectivity index (χ4n) is 2.25. The summed E-state index contributed by atoms with van der Waals surface area (Å²) >= 11 is 0. The van der Waals surface area contributed by atoms with Crippen LogP contribution in [0.2, 0.25) is 0 Å². The van der Waals surface area contributed by atoms with Gasteiger partial charge in [0, 0.05) is 13.0 Å². The lowest BCUT2D eigenvalue weighted by Gasteiger charge is -2.14. The third kappa shape index (κ3) is 17.7. The van der Waals surface area contributed by atoms with E-state index < -0.39 is 36.5 Å². The van der Waals surface area contributed by atoms with Crippen molar-refractivity contribution in [3.63, 3.8) is 0 Å². The molecule has 0 radical (unpaired) electrons. The number of hydrogen-bond donors (Lipinski definition) is 6. The number of urea groups is 1. The van der Waals surface area contributed by atoms with Crippen molar-refractivity contribution in [1.29, 1.82) is 0 Å². The van der Waals surface area contributed by atoms with Gasteiger partial charge in [-0.2, -0.15) is 0 Å². The lowest BCUT2D eigenvalue weighted by atomic mass is 10.1. The van der Waals surface area contributed by atoms with Gasteiger partial charge in [0.05, 0.1) is 0 Å². The number of benzene rings is 1. The number of aliphatic carboxylic acids is 3. The Bertz CT molecular complexity index is 696. The van der Waals surface area contributed by atoms with Crippen LogP contribution < -0.4 is 16.0 Å². The predicted molar refractivity (Wildman–Crippen MR) is 122 cm³/mol. The molecule has 1 rings (SSSR count). The number of carboxylic acids is 3. The van der Waals surface area contributed by atoms with Crippen molar-refractivity contribution in [2.75, 3.05) is 13.1 Å². The largest absolute Gasteiger partial charge is 0.481 e. The topological polar surface area (TPSA) is 165 Å². The highest BCUT2D eigenvalue weighted by Crippen LogP contribution is 2.06. The average Bonchev–Trinajstić information content (AvgIpc) is 2.76. The summed E-state index contributed by atoms with van der Waals surface area (Å²) in [7, 11) is 0. The number of unbranched alkanes of at least 4 members (excludes halogenated alkanes) is 1. The van der Waals surface area contributed by atoms with Gasteiger partial charge in [-0.05, 0) is 43.9 Å². The van der Waals surface area contributed by atoms with E-state index >= 15 is 0 Å². The number of nitrogens with one attached hydrogen (secondary N) is 3. The SMILES string of the molecule is CC.CCC(=O)O.Cc1ccccc1CNCCCCC(NC(=O)NCC(=O)O)C(=O)O. The van der Waals surface area contributed by atoms with Crippen LogP contribution in [-0.2, 0) is 20.9 Å². The molecule has 0 spiro atoms. The summed E-state index contributed by atoms with van der Waals surface area (Å²) in [6, 6.07) is 6.25. The number of rotatable bonds is 12. The van der Waals surface area contributed by atoms with Crippen LogP contribution in [0, 0.1) is 6.92 Å². The van der Waals surface area contributed by atoms with E-state index in [1.54, 1.807) is 6.92 Å². The molecule has 1 aromatic rings. The molecule has 1 aromatic carbocycles. The maximum Gasteiger partial charge on any atom is 0.326 e. The first-order valence-corrected chi connectivity index (χ1v) is 10.6. The minimum atomic E-state index is -1.19. The molecule has 0 fully saturated rings. The molecule has 0 saturated carbocycles. The highest BCUT2D eigenvalue weighted by Gasteiger charge is 2.19. The van der Waals surface area contributed by atoms with Crippen LogP contribution >= 0.6 is 0 Å². The Morgan fingerprint density at radius 1 is 0.969 bits per heavy atom. The molecule has 1 atom stereocenters. The second-order valence-corrected chi connectivity index (χ2v) is 6.46. The first-order valence-electron chi connectivity index (χ1n) is 10.6. The first-order chi connectivity index (χ1) is 15.2. The zero-order valence-corrected chi connectivity index (χ0v) is 19.3. The standard InChI is InChI=1S/C17H25N3O5.C3H6O2.C2H6/c1-12-6-2-3-7-13(12)10-18-9-5-4-8-14(16(23)24)20-17(25)19-11-15(21)22;1-2-3(4)5;1-2/h2-3,6-7,14,18H,4-5,8-11H2,1H3,(H,21,22)(H,23,24)(H2,19,20,25);2H2,1H3,(H,4,5);1-2H3. The number of carbonyl (C=O) groups is 4. The molecule has 0 aromatic heterocycles. The number of amides is 2. The van der Waals surface area contributed by atoms with Crippen LogP contribution in [-0.4, -0.2) is 58.4 Å². The minimum absolute atomic E-state index is 0.222. The van der Waals surface area contributed by atoms with E-state index in [0.717, 1.165) is 19.5 Å². The van der Waals surface area contributed by atoms with Gasteiger partial charge in [0.2, 0.25) is 0 Å². The highest BCUT2D eigenvalue weighted by atomic mass is 16.4. The third-order valence-electron chi connectivity index (χ3n) is 3.98. The molecule has 1 unspecified atom stereocenters. The molecular formula is C22H37N3O7. The normalized spacial score (nSPS) is 10.4. The van der Waals surface area contributed by atoms with Gasteiger partial charge in [0.15, 0.2) is 0 Å². The zero-order chi connectivity index (χ0) is 24.9. The molecular weight excluding hydrogens is 418 g/mol. The molecule has 2 amide bonds. The van der Waals surface area contributed by atoms with Gasteiger partial charge in [0.25, 0.3) is 0 Å². The van der Waals surface area contributed by atoms with Gasteiger partial charge < -0.3 is 31.3 Å². The Balaban J connectivity index is 0. The van der Waals surface area contributed by atoms with E-state index in [-0.39, 0.29) is 12.8 Å². The van der Waals surface area contributed by atoms with Crippen LogP contribution in [0.15, 0.2) is 24.3 Å². The smallest absolute Gasteiger partial charge is 0.326 e. The predicted octanol–water partition coefficient (Wildman–Crippen LogP) is 2.60. The summed E-state index contributed by atoms with van der Waals surface area (Å²) in [6.45, 7) is 8.59. The molecule has 10 heteroatoms. The molecule has 10 nitrogen and oxygen atoms in total. The second kappa shape index (κ2) is 19.8. The van der Waals surface area contributed by atoms with E-state index in [0.29, 0.717) is 6.42 Å². The van der Waals surface area contributed by atoms with Crippen LogP contribution in [0.1, 0.15) is 57.6 Å². The van der Waals surface area contributed by atoms with E-state index in [1.807, 2.05) is 26.0 Å². The molecule has 0 aliphatic heterocycles. The first kappa shape index (κ1) is 31.0. The monoisotopic (exact) mass is 455 g/mol. The third-order valence-corrected chi connectivity index (χ3v) is 3.98. The van der Waals surface area contributed by atoms with Crippen molar-refractivity contribution in [1.82, 2.24) is 16.0 Å². The maximum absolute atomic E-state index is 11.4. The Kier molecular flexibility index (Phi) is 19.2. The van der Waals surface area contributed by atoms with Crippen molar-refractivity contribution in [2.24, 2.45) is 0 Å². The van der Waals surface area contributed by atoms with E-state index in [4.69, 9.17) is 15.3 Å². The molecule has 0 heterocycles. The van der Waals surface area contributed by atoms with Crippen LogP contribution in [0.25, 0.3) is 0 Å². The zero-order valence-electron chi connectivity index (χ0n) is 19.3. The van der Waals surface area contributed by atoms with Crippen molar-refractivity contribution in [3.8, 4) is 0 Å². The van der Waals surface area contributed by atoms with E-state index in [2.05, 4.69) is 35.0 Å². The Hall–Kier alpha value is -3.14. The molecule has 182 valence electrons. The summed E-state index contributed by atoms with van der Waals surface area (Å²) in [5.41, 5.74) is 2.44. The van der Waals surface area contributed by atoms with Gasteiger partial charge in [-0.1, -0.05) is 45.0 Å². The fourth-order valence-corrected chi connectivity index (χ4v) is 2.25. The van der Waals surface area contributed by atoms with Crippen molar-refractivity contribution < 1.29 is 34.5 Å². The number of aryl methyl sites for hydroxylation is 1. The van der Waals surface area contributed by atoms with Gasteiger partial charge >= 0.3 is 23.9 Å². The Morgan fingerprint density at radius 3 is 2.06 bits per heavy atom. The summed E-state index contributed by atoms with van der Waals surface area (Å²) in [6.07, 6.45) is 1.90. The average molecular weight is 456 g/mol. The van der Waals surface area contributed by atoms with E-state index in [1.165, 1.54) is 11.1 Å². The van der Waals surface area contributed by atoms with Gasteiger partial charge in [-0.15, -0.1) is 0 Å². The van der Waals surface area contributed by atoms with Crippen LogP contribution in [0.4, 0.5) is 4.79 Å². The quantitative estimate of drug-likeness (QED) is 0.262. The lowest BCUT2D eigenvalue weighted by Crippen LogP contribution is -2.47. The summed E-state index contributed by atoms with van der Waals surface area (Å²) in [4.78, 5) is 42.3. The lowest BCUT2D eigenvalue weighted by molar-refractivity contribution is -0.139. The maximum atomic E-state index is 11.4. The van der Waals surface area contributed by atoms with Gasteiger partial charge in [-0.3, -0.25) is 9.59 Å². The van der Waals surface area contributed by atoms with Gasteiger partial charge in [-0.25, -0.2) is 9.59 Å². The minimum Gasteiger partial charge on any atom is -0.481 e. The molecule has 32 heavy (non-hydrogen) atoms. The van der Waals surface area contributed by atoms with Crippen LogP contribution in [0.3, 0.4) is 0 Å². The summed E-state index contributed by atoms with van der Waals surface area (Å²) < 4.78 is 0. The van der Waals surface area contributed by atoms with Crippen LogP contribution in [0.5, 0.6) is 0 Å². The summed E-state index contributed by atoms with van der Waals surface area (Å²) in [5, 5.41) is 32.9. The molecule has 0 aliphatic carbocycles. The Morgan fingerprint density at radius 2 is 1.56 bits per heavy atom. The number of carboxylic acid groups (broad SMARTS) is 3. The number of hydrogen-bond acceptors (Lipinski definition) is 5. The molecule has 0 bridgehead atoms. The molecule has 0 aliphatic rings.